The summed E-state index contributed by atoms with van der Waals surface area (Å²) in [5, 5.41) is 19.2. The lowest BCUT2D eigenvalue weighted by Crippen LogP contribution is -2.40. The Hall–Kier alpha value is -4.27. The van der Waals surface area contributed by atoms with Crippen LogP contribution >= 0.6 is 0 Å². The molecule has 0 aliphatic carbocycles. The zero-order valence-corrected chi connectivity index (χ0v) is 24.7. The summed E-state index contributed by atoms with van der Waals surface area (Å²) >= 11 is 0. The average Bonchev–Trinajstić information content (AvgIpc) is 3.42. The van der Waals surface area contributed by atoms with E-state index in [1.54, 1.807) is 31.2 Å². The van der Waals surface area contributed by atoms with E-state index in [0.29, 0.717) is 29.8 Å². The Bertz CT molecular complexity index is 1730. The van der Waals surface area contributed by atoms with Crippen LogP contribution in [0.15, 0.2) is 53.7 Å². The van der Waals surface area contributed by atoms with Gasteiger partial charge in [-0.2, -0.15) is 0 Å². The summed E-state index contributed by atoms with van der Waals surface area (Å²) in [6.45, 7) is 3.75. The molecule has 0 bridgehead atoms. The van der Waals surface area contributed by atoms with Crippen molar-refractivity contribution in [2.45, 2.75) is 57.4 Å². The number of hydrogen-bond donors (Lipinski definition) is 2. The van der Waals surface area contributed by atoms with Gasteiger partial charge in [0.25, 0.3) is 12.2 Å². The zero-order chi connectivity index (χ0) is 31.8. The van der Waals surface area contributed by atoms with Crippen molar-refractivity contribution in [3.63, 3.8) is 0 Å². The lowest BCUT2D eigenvalue weighted by Gasteiger charge is -2.30. The van der Waals surface area contributed by atoms with Gasteiger partial charge in [-0.15, -0.1) is 6.42 Å². The van der Waals surface area contributed by atoms with Gasteiger partial charge in [-0.25, -0.2) is 22.6 Å². The molecule has 7 nitrogen and oxygen atoms in total. The molecule has 2 aromatic carbocycles. The number of terminal acetylenes is 1. The van der Waals surface area contributed by atoms with E-state index in [2.05, 4.69) is 20.8 Å². The summed E-state index contributed by atoms with van der Waals surface area (Å²) in [4.78, 5) is 11.8. The van der Waals surface area contributed by atoms with Gasteiger partial charge in [-0.05, 0) is 43.7 Å². The summed E-state index contributed by atoms with van der Waals surface area (Å²) in [6, 6.07) is 8.31. The van der Waals surface area contributed by atoms with Crippen molar-refractivity contribution in [2.75, 3.05) is 19.6 Å². The molecule has 3 saturated heterocycles. The highest BCUT2D eigenvalue weighted by molar-refractivity contribution is 6.05. The number of pyridine rings is 1. The Morgan fingerprint density at radius 2 is 2.00 bits per heavy atom. The van der Waals surface area contributed by atoms with Crippen LogP contribution < -0.4 is 0 Å². The van der Waals surface area contributed by atoms with E-state index in [1.807, 2.05) is 6.08 Å². The minimum absolute atomic E-state index is 0.0405. The van der Waals surface area contributed by atoms with Gasteiger partial charge in [0, 0.05) is 42.2 Å². The third-order valence-corrected chi connectivity index (χ3v) is 8.71. The van der Waals surface area contributed by atoms with Crippen LogP contribution in [0.1, 0.15) is 43.7 Å². The minimum Gasteiger partial charge on any atom is -0.437 e. The van der Waals surface area contributed by atoms with Crippen molar-refractivity contribution >= 4 is 28.2 Å². The molecule has 0 spiro atoms. The van der Waals surface area contributed by atoms with E-state index in [0.717, 1.165) is 13.0 Å². The number of aliphatic hydroxyl groups excluding tert-OH is 1. The van der Waals surface area contributed by atoms with E-state index in [-0.39, 0.29) is 46.3 Å². The van der Waals surface area contributed by atoms with Crippen LogP contribution in [0.25, 0.3) is 22.0 Å². The Morgan fingerprint density at radius 3 is 2.73 bits per heavy atom. The van der Waals surface area contributed by atoms with E-state index in [1.165, 1.54) is 36.1 Å². The maximum Gasteiger partial charge on any atom is 0.276 e. The second-order valence-corrected chi connectivity index (χ2v) is 11.7. The van der Waals surface area contributed by atoms with Gasteiger partial charge in [0.1, 0.15) is 29.2 Å². The molecule has 1 aromatic heterocycles. The fourth-order valence-corrected chi connectivity index (χ4v) is 6.35. The number of ether oxygens (including phenoxy) is 1. The molecule has 0 saturated carbocycles. The number of nitrogens with one attached hydrogen (secondary N) is 1. The molecule has 5 heterocycles. The molecule has 3 aromatic rings. The molecule has 3 fully saturated rings. The highest BCUT2D eigenvalue weighted by Crippen LogP contribution is 2.38. The molecule has 0 radical (unpaired) electrons. The number of halogens is 4. The highest BCUT2D eigenvalue weighted by atomic mass is 19.1. The predicted octanol–water partition coefficient (Wildman–Crippen LogP) is 6.25. The van der Waals surface area contributed by atoms with Crippen molar-refractivity contribution in [1.29, 1.82) is 5.41 Å². The van der Waals surface area contributed by atoms with Crippen molar-refractivity contribution in [2.24, 2.45) is 10.9 Å². The van der Waals surface area contributed by atoms with Gasteiger partial charge in [0.2, 0.25) is 0 Å². The second-order valence-electron chi connectivity index (χ2n) is 11.7. The summed E-state index contributed by atoms with van der Waals surface area (Å²) in [7, 11) is 0. The fraction of sp³-hybridized carbons (Fsp3) is 0.382. The molecule has 45 heavy (non-hydrogen) atoms. The molecule has 5 atom stereocenters. The molecule has 7 rings (SSSR count). The number of aliphatic hydroxyl groups is 1. The second kappa shape index (κ2) is 12.6. The molecule has 2 N–H and O–H groups in total. The number of alkyl halides is 2. The van der Waals surface area contributed by atoms with Crippen LogP contribution in [-0.4, -0.2) is 76.1 Å². The Labute approximate surface area is 258 Å². The predicted molar refractivity (Wildman–Crippen MR) is 165 cm³/mol. The van der Waals surface area contributed by atoms with Crippen LogP contribution in [0.4, 0.5) is 23.2 Å². The number of nitrogens with zero attached hydrogens (tertiary/aromatic N) is 4. The van der Waals surface area contributed by atoms with Crippen molar-refractivity contribution in [1.82, 2.24) is 14.8 Å². The lowest BCUT2D eigenvalue weighted by molar-refractivity contribution is 0.122. The fourth-order valence-electron chi connectivity index (χ4n) is 6.35. The number of fused-ring (bicyclic) bond motifs is 2. The standard InChI is InChI=1S/C27H21F3N4O2.C7H12FN/c1-3-16-19(28)11-10-15-8-6-9-17(20(15)16)22-21(29)23(33-26-27(35)36-26)18(13-32-22)25(31)34-12-5-4-7-14(2)24(34)30;8-6-4-7-2-1-3-9(7)5-6/h1,4,6-11,13-14,24,27,31,35H,5,12H2,2H3;6-7H,1-5H2. The van der Waals surface area contributed by atoms with Gasteiger partial charge in [-0.3, -0.25) is 15.3 Å². The number of aliphatic imine (C=N–C) groups is 1. The largest absolute Gasteiger partial charge is 0.437 e. The molecular formula is C34H33F4N5O2. The van der Waals surface area contributed by atoms with Crippen LogP contribution in [-0.2, 0) is 4.74 Å². The van der Waals surface area contributed by atoms with Gasteiger partial charge in [0.05, 0.1) is 11.1 Å². The molecule has 234 valence electrons. The topological polar surface area (TPSA) is 88.3 Å². The molecule has 4 aliphatic rings. The Balaban J connectivity index is 0.000000337. The summed E-state index contributed by atoms with van der Waals surface area (Å²) < 4.78 is 63.2. The lowest BCUT2D eigenvalue weighted by atomic mass is 9.96. The number of rotatable bonds is 3. The summed E-state index contributed by atoms with van der Waals surface area (Å²) in [5.74, 6) is -0.187. The molecule has 0 amide bonds. The van der Waals surface area contributed by atoms with Crippen molar-refractivity contribution in [3.05, 3.63) is 71.4 Å². The van der Waals surface area contributed by atoms with E-state index < -0.39 is 36.3 Å². The maximum atomic E-state index is 16.1. The Morgan fingerprint density at radius 1 is 1.20 bits per heavy atom. The van der Waals surface area contributed by atoms with Gasteiger partial charge in [0.15, 0.2) is 12.1 Å². The quantitative estimate of drug-likeness (QED) is 0.0689. The first-order valence-corrected chi connectivity index (χ1v) is 15.0. The molecule has 4 aliphatic heterocycles. The van der Waals surface area contributed by atoms with Crippen LogP contribution in [0.3, 0.4) is 0 Å². The van der Waals surface area contributed by atoms with Gasteiger partial charge < -0.3 is 14.7 Å². The van der Waals surface area contributed by atoms with E-state index in [4.69, 9.17) is 16.6 Å². The van der Waals surface area contributed by atoms with Crippen LogP contribution in [0, 0.1) is 35.3 Å². The molecule has 5 unspecified atom stereocenters. The number of epoxide rings is 1. The molecular weight excluding hydrogens is 586 g/mol. The van der Waals surface area contributed by atoms with Crippen molar-refractivity contribution < 1.29 is 27.4 Å². The molecule has 11 heteroatoms. The normalized spacial score (nSPS) is 26.6. The average molecular weight is 620 g/mol. The van der Waals surface area contributed by atoms with Gasteiger partial charge in [-0.1, -0.05) is 49.3 Å². The van der Waals surface area contributed by atoms with E-state index >= 15 is 8.78 Å². The number of hydrogen-bond acceptors (Lipinski definition) is 6. The zero-order valence-electron chi connectivity index (χ0n) is 24.7. The summed E-state index contributed by atoms with van der Waals surface area (Å²) in [6.07, 6.45) is 10.9. The summed E-state index contributed by atoms with van der Waals surface area (Å²) in [5.41, 5.74) is -0.418. The first kappa shape index (κ1) is 30.7. The number of benzene rings is 2. The maximum absolute atomic E-state index is 16.1. The SMILES string of the molecule is C#Cc1c(F)ccc2cccc(-c3ncc(C(=N)N4CCC=CC(C)C4F)c(N=C4OC4O)c3F)c12.FC1CC2CCCN2C1. The van der Waals surface area contributed by atoms with Crippen LogP contribution in [0.5, 0.6) is 0 Å². The Kier molecular flexibility index (Phi) is 8.62. The smallest absolute Gasteiger partial charge is 0.276 e. The third kappa shape index (κ3) is 6.04. The monoisotopic (exact) mass is 619 g/mol. The first-order valence-electron chi connectivity index (χ1n) is 15.0. The van der Waals surface area contributed by atoms with E-state index in [9.17, 15) is 13.9 Å². The minimum atomic E-state index is -1.51. The third-order valence-electron chi connectivity index (χ3n) is 8.71. The first-order chi connectivity index (χ1) is 21.7. The van der Waals surface area contributed by atoms with Crippen LogP contribution in [0.2, 0.25) is 0 Å². The number of amidine groups is 1. The highest BCUT2D eigenvalue weighted by Gasteiger charge is 2.36. The van der Waals surface area contributed by atoms with Gasteiger partial charge >= 0.3 is 0 Å². The number of aromatic nitrogens is 1. The van der Waals surface area contributed by atoms with Crippen molar-refractivity contribution in [3.8, 4) is 23.6 Å².